The number of thiazole rings is 1. The van der Waals surface area contributed by atoms with E-state index in [2.05, 4.69) is 27.1 Å². The van der Waals surface area contributed by atoms with E-state index in [9.17, 15) is 0 Å². The maximum Gasteiger partial charge on any atom is 0.229 e. The Bertz CT molecular complexity index is 1080. The molecule has 0 radical (unpaired) electrons. The van der Waals surface area contributed by atoms with Crippen molar-refractivity contribution in [1.82, 2.24) is 24.5 Å². The van der Waals surface area contributed by atoms with Crippen LogP contribution in [-0.2, 0) is 4.74 Å². The maximum atomic E-state index is 5.67. The second-order valence-corrected chi connectivity index (χ2v) is 7.34. The molecule has 0 aliphatic carbocycles. The first-order valence-electron chi connectivity index (χ1n) is 9.10. The number of nitrogens with zero attached hydrogens (tertiary/aromatic N) is 6. The molecule has 1 saturated heterocycles. The van der Waals surface area contributed by atoms with Crippen molar-refractivity contribution in [3.63, 3.8) is 0 Å². The highest BCUT2D eigenvalue weighted by molar-refractivity contribution is 7.07. The first-order valence-corrected chi connectivity index (χ1v) is 10.0. The van der Waals surface area contributed by atoms with Crippen LogP contribution >= 0.6 is 11.3 Å². The van der Waals surface area contributed by atoms with Crippen LogP contribution in [0.4, 0.5) is 17.5 Å². The molecule has 1 unspecified atom stereocenters. The van der Waals surface area contributed by atoms with Crippen LogP contribution in [0, 0.1) is 0 Å². The number of imidazole rings is 1. The Labute approximate surface area is 165 Å². The molecule has 0 amide bonds. The van der Waals surface area contributed by atoms with Crippen LogP contribution in [0.5, 0.6) is 0 Å². The molecule has 4 heterocycles. The zero-order valence-corrected chi connectivity index (χ0v) is 16.1. The van der Waals surface area contributed by atoms with Gasteiger partial charge >= 0.3 is 0 Å². The monoisotopic (exact) mass is 393 g/mol. The Morgan fingerprint density at radius 1 is 1.18 bits per heavy atom. The summed E-state index contributed by atoms with van der Waals surface area (Å²) >= 11 is 1.54. The van der Waals surface area contributed by atoms with Crippen molar-refractivity contribution < 1.29 is 4.74 Å². The maximum absolute atomic E-state index is 5.67. The van der Waals surface area contributed by atoms with Crippen LogP contribution in [0.25, 0.3) is 17.0 Å². The quantitative estimate of drug-likeness (QED) is 0.570. The van der Waals surface area contributed by atoms with Crippen molar-refractivity contribution in [2.75, 3.05) is 29.9 Å². The predicted molar refractivity (Wildman–Crippen MR) is 110 cm³/mol. The molecule has 1 aliphatic heterocycles. The summed E-state index contributed by atoms with van der Waals surface area (Å²) in [5.41, 5.74) is 4.19. The van der Waals surface area contributed by atoms with Crippen molar-refractivity contribution in [1.29, 1.82) is 0 Å². The van der Waals surface area contributed by atoms with Gasteiger partial charge in [-0.25, -0.2) is 9.97 Å². The van der Waals surface area contributed by atoms with Gasteiger partial charge < -0.3 is 15.0 Å². The summed E-state index contributed by atoms with van der Waals surface area (Å²) in [6.07, 6.45) is 1.89. The summed E-state index contributed by atoms with van der Waals surface area (Å²) in [6.45, 7) is 4.23. The van der Waals surface area contributed by atoms with E-state index in [1.54, 1.807) is 23.2 Å². The molecule has 1 N–H and O–H groups in total. The molecule has 1 aliphatic rings. The minimum absolute atomic E-state index is 0.141. The lowest BCUT2D eigenvalue weighted by atomic mass is 10.3. The first kappa shape index (κ1) is 17.1. The third-order valence-electron chi connectivity index (χ3n) is 4.61. The lowest BCUT2D eigenvalue weighted by Crippen LogP contribution is -2.42. The summed E-state index contributed by atoms with van der Waals surface area (Å²) in [6, 6.07) is 9.96. The van der Waals surface area contributed by atoms with Gasteiger partial charge in [0.05, 0.1) is 18.2 Å². The molecule has 9 heteroatoms. The Balaban J connectivity index is 1.64. The van der Waals surface area contributed by atoms with E-state index in [4.69, 9.17) is 14.7 Å². The van der Waals surface area contributed by atoms with E-state index < -0.39 is 0 Å². The Kier molecular flexibility index (Phi) is 4.38. The Morgan fingerprint density at radius 3 is 2.86 bits per heavy atom. The molecule has 4 aromatic rings. The topological polar surface area (TPSA) is 81.0 Å². The normalized spacial score (nSPS) is 17.2. The van der Waals surface area contributed by atoms with Crippen molar-refractivity contribution in [3.05, 3.63) is 47.5 Å². The predicted octanol–water partition coefficient (Wildman–Crippen LogP) is 3.24. The van der Waals surface area contributed by atoms with Crippen LogP contribution in [0.15, 0.2) is 47.5 Å². The highest BCUT2D eigenvalue weighted by Crippen LogP contribution is 2.27. The molecule has 28 heavy (non-hydrogen) atoms. The van der Waals surface area contributed by atoms with Crippen molar-refractivity contribution >= 4 is 40.0 Å². The zero-order valence-electron chi connectivity index (χ0n) is 15.3. The number of nitrogens with one attached hydrogen (secondary N) is 1. The van der Waals surface area contributed by atoms with Gasteiger partial charge in [0, 0.05) is 24.2 Å². The van der Waals surface area contributed by atoms with Gasteiger partial charge in [0.25, 0.3) is 0 Å². The molecule has 1 fully saturated rings. The lowest BCUT2D eigenvalue weighted by Gasteiger charge is -2.31. The summed E-state index contributed by atoms with van der Waals surface area (Å²) < 4.78 is 7.57. The fraction of sp³-hybridized carbons (Fsp3) is 0.263. The summed E-state index contributed by atoms with van der Waals surface area (Å²) in [7, 11) is 0. The average Bonchev–Trinajstić information content (AvgIpc) is 3.38. The zero-order chi connectivity index (χ0) is 18.9. The van der Waals surface area contributed by atoms with Gasteiger partial charge in [0.1, 0.15) is 6.33 Å². The summed E-state index contributed by atoms with van der Waals surface area (Å²) in [5, 5.41) is 5.37. The van der Waals surface area contributed by atoms with E-state index in [1.807, 2.05) is 40.3 Å². The number of ether oxygens (including phenoxy) is 1. The Hall–Kier alpha value is -3.04. The number of rotatable bonds is 4. The van der Waals surface area contributed by atoms with Crippen LogP contribution in [0.3, 0.4) is 0 Å². The van der Waals surface area contributed by atoms with Crippen molar-refractivity contribution in [2.45, 2.75) is 13.0 Å². The van der Waals surface area contributed by atoms with Gasteiger partial charge in [-0.2, -0.15) is 9.97 Å². The Morgan fingerprint density at radius 2 is 2.07 bits per heavy atom. The van der Waals surface area contributed by atoms with E-state index in [0.29, 0.717) is 23.9 Å². The third-order valence-corrected chi connectivity index (χ3v) is 5.18. The smallest absolute Gasteiger partial charge is 0.229 e. The fourth-order valence-corrected chi connectivity index (χ4v) is 3.79. The third kappa shape index (κ3) is 3.19. The second kappa shape index (κ2) is 7.17. The molecule has 142 valence electrons. The van der Waals surface area contributed by atoms with Crippen LogP contribution in [0.2, 0.25) is 0 Å². The number of morpholine rings is 1. The molecule has 1 aromatic carbocycles. The molecular weight excluding hydrogens is 374 g/mol. The molecule has 3 aromatic heterocycles. The van der Waals surface area contributed by atoms with E-state index in [-0.39, 0.29) is 6.10 Å². The first-order chi connectivity index (χ1) is 13.8. The number of aromatic nitrogens is 5. The largest absolute Gasteiger partial charge is 0.375 e. The van der Waals surface area contributed by atoms with Gasteiger partial charge in [-0.05, 0) is 19.1 Å². The molecule has 5 rings (SSSR count). The molecule has 1 atom stereocenters. The van der Waals surface area contributed by atoms with Gasteiger partial charge in [-0.1, -0.05) is 18.2 Å². The number of fused-ring (bicyclic) bond motifs is 1. The fourth-order valence-electron chi connectivity index (χ4n) is 3.27. The van der Waals surface area contributed by atoms with E-state index in [0.717, 1.165) is 30.2 Å². The van der Waals surface area contributed by atoms with Gasteiger partial charge in [-0.3, -0.25) is 4.57 Å². The van der Waals surface area contributed by atoms with Gasteiger partial charge in [0.2, 0.25) is 5.95 Å². The summed E-state index contributed by atoms with van der Waals surface area (Å²) in [5.74, 6) is 2.15. The van der Waals surface area contributed by atoms with Gasteiger partial charge in [-0.15, -0.1) is 11.3 Å². The number of anilines is 3. The van der Waals surface area contributed by atoms with Gasteiger partial charge in [0.15, 0.2) is 22.8 Å². The van der Waals surface area contributed by atoms with Crippen LogP contribution in [-0.4, -0.2) is 50.3 Å². The number of hydrogen-bond acceptors (Lipinski definition) is 8. The van der Waals surface area contributed by atoms with Crippen molar-refractivity contribution in [3.8, 4) is 5.82 Å². The highest BCUT2D eigenvalue weighted by Gasteiger charge is 2.22. The molecule has 8 nitrogen and oxygen atoms in total. The standard InChI is InChI=1S/C19H19N7OS/c1-13-9-25(7-8-27-13)19-23-17(22-14-5-3-2-4-6-14)16-18(24-19)26(11-20-16)15-10-28-12-21-15/h2-6,10-13H,7-9H2,1H3,(H,22,23,24). The highest BCUT2D eigenvalue weighted by atomic mass is 32.1. The SMILES string of the molecule is CC1CN(c2nc(Nc3ccccc3)c3ncn(-c4cscn4)c3n2)CCO1. The number of benzene rings is 1. The second-order valence-electron chi connectivity index (χ2n) is 6.62. The van der Waals surface area contributed by atoms with Crippen LogP contribution in [0.1, 0.15) is 6.92 Å². The average molecular weight is 393 g/mol. The molecule has 0 saturated carbocycles. The van der Waals surface area contributed by atoms with Crippen LogP contribution < -0.4 is 10.2 Å². The number of hydrogen-bond donors (Lipinski definition) is 1. The van der Waals surface area contributed by atoms with Crippen molar-refractivity contribution in [2.24, 2.45) is 0 Å². The number of para-hydroxylation sites is 1. The minimum Gasteiger partial charge on any atom is -0.375 e. The molecule has 0 bridgehead atoms. The lowest BCUT2D eigenvalue weighted by molar-refractivity contribution is 0.0526. The minimum atomic E-state index is 0.141. The van der Waals surface area contributed by atoms with E-state index in [1.165, 1.54) is 0 Å². The molecule has 0 spiro atoms. The molecular formula is C19H19N7OS. The summed E-state index contributed by atoms with van der Waals surface area (Å²) in [4.78, 5) is 20.8. The van der Waals surface area contributed by atoms with E-state index >= 15 is 0 Å².